The lowest BCUT2D eigenvalue weighted by molar-refractivity contribution is -0.160. The summed E-state index contributed by atoms with van der Waals surface area (Å²) in [5.41, 5.74) is -5.92. The molecule has 1 heterocycles. The molecule has 0 radical (unpaired) electrons. The summed E-state index contributed by atoms with van der Waals surface area (Å²) >= 11 is 0. The summed E-state index contributed by atoms with van der Waals surface area (Å²) in [4.78, 5) is 243. The number of amides is 13. The molecule has 0 aliphatic carbocycles. The molecule has 1 aliphatic rings. The van der Waals surface area contributed by atoms with E-state index in [-0.39, 0.29) is 57.7 Å². The second kappa shape index (κ2) is 50.5. The lowest BCUT2D eigenvalue weighted by Gasteiger charge is -2.29. The van der Waals surface area contributed by atoms with E-state index >= 15 is 19.2 Å². The van der Waals surface area contributed by atoms with Crippen LogP contribution in [0.1, 0.15) is 242 Å². The maximum atomic E-state index is 15.5. The fourth-order valence-corrected chi connectivity index (χ4v) is 12.1. The Balaban J connectivity index is 3.14. The Morgan fingerprint density at radius 3 is 1.35 bits per heavy atom. The van der Waals surface area contributed by atoms with Crippen LogP contribution in [0.5, 0.6) is 0 Å². The summed E-state index contributed by atoms with van der Waals surface area (Å²) in [5.74, 6) is -17.0. The zero-order valence-electron chi connectivity index (χ0n) is 76.2. The summed E-state index contributed by atoms with van der Waals surface area (Å²) in [6.45, 7) is 33.7. The third-order valence-corrected chi connectivity index (χ3v) is 18.5. The van der Waals surface area contributed by atoms with Crippen molar-refractivity contribution in [3.8, 4) is 0 Å². The van der Waals surface area contributed by atoms with E-state index in [4.69, 9.17) is 28.4 Å². The van der Waals surface area contributed by atoms with Gasteiger partial charge in [0.05, 0.1) is 47.8 Å². The maximum absolute atomic E-state index is 15.5. The van der Waals surface area contributed by atoms with E-state index in [9.17, 15) is 72.5 Å². The molecule has 696 valence electrons. The third kappa shape index (κ3) is 45.6. The largest absolute Gasteiger partial charge is 0.462 e. The van der Waals surface area contributed by atoms with Gasteiger partial charge in [-0.2, -0.15) is 0 Å². The molecule has 2 rings (SSSR count). The monoisotopic (exact) mass is 1740 g/mol. The van der Waals surface area contributed by atoms with Crippen LogP contribution in [0.4, 0.5) is 24.0 Å². The quantitative estimate of drug-likeness (QED) is 0.0314. The average Bonchev–Trinajstić information content (AvgIpc) is 1.81. The Morgan fingerprint density at radius 1 is 0.480 bits per heavy atom. The van der Waals surface area contributed by atoms with E-state index in [1.807, 2.05) is 0 Å². The Morgan fingerprint density at radius 2 is 0.894 bits per heavy atom. The molecule has 15 N–H and O–H groups in total. The smallest absolute Gasteiger partial charge is 0.407 e. The Hall–Kier alpha value is -10.3. The van der Waals surface area contributed by atoms with Crippen LogP contribution in [0.15, 0.2) is 30.3 Å². The number of carbonyl (C=O) groups excluding carboxylic acids is 17. The summed E-state index contributed by atoms with van der Waals surface area (Å²) in [5, 5.41) is 56.4. The van der Waals surface area contributed by atoms with E-state index in [0.29, 0.717) is 12.0 Å². The molecular weight excluding hydrogens is 1600 g/mol. The lowest BCUT2D eigenvalue weighted by Crippen LogP contribution is -2.59. The fraction of sp³-hybridized carbons (Fsp3) is 0.729. The number of hydrogen-bond donors (Lipinski definition) is 15. The highest BCUT2D eigenvalue weighted by Crippen LogP contribution is 2.26. The molecule has 1 aromatic rings. The third-order valence-electron chi connectivity index (χ3n) is 18.5. The highest BCUT2D eigenvalue weighted by molar-refractivity contribution is 6.00. The molecule has 1 aliphatic heterocycles. The van der Waals surface area contributed by atoms with E-state index in [1.54, 1.807) is 162 Å². The summed E-state index contributed by atoms with van der Waals surface area (Å²) in [6.07, 6.45) is -14.1. The number of benzene rings is 1. The zero-order valence-corrected chi connectivity index (χ0v) is 76.2. The van der Waals surface area contributed by atoms with E-state index in [1.165, 1.54) is 13.8 Å². The highest BCUT2D eigenvalue weighted by Gasteiger charge is 2.41. The Kier molecular flexibility index (Phi) is 44.7. The number of Topliss-reactive ketones (excluding diaryl/α,β-unsaturated/α-hetero) is 3. The van der Waals surface area contributed by atoms with Gasteiger partial charge in [-0.15, -0.1) is 0 Å². The van der Waals surface area contributed by atoms with Crippen molar-refractivity contribution in [2.45, 2.75) is 331 Å². The zero-order chi connectivity index (χ0) is 93.9. The van der Waals surface area contributed by atoms with Crippen molar-refractivity contribution >= 4 is 101 Å². The van der Waals surface area contributed by atoms with Crippen molar-refractivity contribution in [3.05, 3.63) is 35.9 Å². The molecule has 0 bridgehead atoms. The molecule has 1 aromatic carbocycles. The average molecular weight is 1750 g/mol. The number of hydrogen-bond acceptors (Lipinski definition) is 25. The maximum Gasteiger partial charge on any atom is 0.407 e. The summed E-state index contributed by atoms with van der Waals surface area (Å²) in [6, 6.07) is -3.35. The number of alkyl carbamates (subject to hydrolysis) is 5. The number of ether oxygens (including phenoxy) is 6. The van der Waals surface area contributed by atoms with Gasteiger partial charge in [-0.05, 0) is 201 Å². The van der Waals surface area contributed by atoms with Crippen molar-refractivity contribution in [3.63, 3.8) is 0 Å². The number of aliphatic hydroxyl groups excluding tert-OH is 2. The van der Waals surface area contributed by atoms with Crippen LogP contribution in [0.25, 0.3) is 0 Å². The SMILES string of the molecule is CCC(C)OC(=O)C(C)(C)CC(=O)N[C@@H](CCNC(=O)OC(C)(C)C)C(=O)C[C@H](C(=O)N[C@@H](CCNC(=O)OC(C)(C)C)C(=O)C[C@H]1CCNC(=O)[C@H](C(C)O)NC(=O)[C@H](CCNC(=O)OC(C)(C)C)CC(=O)[C@H](CCNC(=O)OC(C)(C)C)NC(=O)[C@H](CC(C)C)NC(=O)[C@@H](Cc2ccccc2)NC(=O)[C@H](CCNC(=O)OC(C)(C)C)NC1=O)C(C)O. The van der Waals surface area contributed by atoms with Gasteiger partial charge in [0, 0.05) is 83.2 Å². The molecule has 1 saturated heterocycles. The van der Waals surface area contributed by atoms with Gasteiger partial charge in [0.25, 0.3) is 0 Å². The molecular formula is C85H141N13O25. The first kappa shape index (κ1) is 109. The van der Waals surface area contributed by atoms with E-state index in [2.05, 4.69) is 69.1 Å². The predicted molar refractivity (Wildman–Crippen MR) is 452 cm³/mol. The molecule has 3 unspecified atom stereocenters. The fourth-order valence-electron chi connectivity index (χ4n) is 12.1. The minimum absolute atomic E-state index is 0.106. The highest BCUT2D eigenvalue weighted by atomic mass is 16.6. The second-order valence-electron chi connectivity index (χ2n) is 37.1. The van der Waals surface area contributed by atoms with Crippen LogP contribution in [0.2, 0.25) is 0 Å². The van der Waals surface area contributed by atoms with Crippen molar-refractivity contribution in [2.75, 3.05) is 39.3 Å². The van der Waals surface area contributed by atoms with E-state index < -0.39 is 277 Å². The first-order chi connectivity index (χ1) is 56.7. The van der Waals surface area contributed by atoms with Crippen molar-refractivity contribution in [2.24, 2.45) is 29.1 Å². The molecule has 13 amide bonds. The van der Waals surface area contributed by atoms with Crippen LogP contribution >= 0.6 is 0 Å². The van der Waals surface area contributed by atoms with Gasteiger partial charge >= 0.3 is 36.4 Å². The first-order valence-corrected chi connectivity index (χ1v) is 42.1. The predicted octanol–water partition coefficient (Wildman–Crippen LogP) is 5.01. The standard InChI is InChI=1S/C85H141N13O25/c1-24-49(4)118-74(112)85(22,23)47-65(104)92-56(32-38-88-76(114)120-81(10,11)12)64(103)46-55(50(5)99)69(107)93-57(33-39-89-77(115)121-82(13,14)15)62(101)44-53-30-36-86-73(111)66(51(6)100)98-68(106)54(31-37-87-75(113)119-80(7,8)9)45-63(102)58(34-40-90-78(116)122-83(16,17)18)94-71(109)60(42-48(2)3)96-72(110)61(43-52-28-26-25-27-29-52)97-70(108)59(95-67(53)105)35-41-91-79(117)123-84(19,20)21/h25-29,48-51,53-61,66,99-100H,24,30-47H2,1-23H3,(H,86,111)(H,87,113)(H,88,114)(H,89,115)(H,90,116)(H,91,117)(H,92,104)(H,93,107)(H,94,109)(H,95,105)(H,96,110)(H,97,108)(H,98,106)/t49?,50?,51?,53-,54-,55+,56+,57+,58+,59+,60+,61-,66+/m1/s1. The van der Waals surface area contributed by atoms with Crippen molar-refractivity contribution < 1.29 is 120 Å². The van der Waals surface area contributed by atoms with Gasteiger partial charge in [0.1, 0.15) is 52.2 Å². The molecule has 1 fully saturated rings. The number of carbonyl (C=O) groups is 17. The molecule has 0 aromatic heterocycles. The molecule has 0 spiro atoms. The van der Waals surface area contributed by atoms with Gasteiger partial charge in [0.2, 0.25) is 47.3 Å². The number of ketones is 3. The molecule has 0 saturated carbocycles. The summed E-state index contributed by atoms with van der Waals surface area (Å²) in [7, 11) is 0. The van der Waals surface area contributed by atoms with Gasteiger partial charge in [-0.3, -0.25) is 57.5 Å². The van der Waals surface area contributed by atoms with Gasteiger partial charge in [-0.25, -0.2) is 24.0 Å². The van der Waals surface area contributed by atoms with Gasteiger partial charge in [0.15, 0.2) is 17.3 Å². The number of nitrogens with one attached hydrogen (secondary N) is 13. The van der Waals surface area contributed by atoms with Gasteiger partial charge < -0.3 is 108 Å². The van der Waals surface area contributed by atoms with Crippen LogP contribution in [0, 0.1) is 29.1 Å². The van der Waals surface area contributed by atoms with Crippen molar-refractivity contribution in [1.82, 2.24) is 69.1 Å². The Bertz CT molecular complexity index is 3730. The molecule has 123 heavy (non-hydrogen) atoms. The van der Waals surface area contributed by atoms with Gasteiger partial charge in [-0.1, -0.05) is 51.1 Å². The summed E-state index contributed by atoms with van der Waals surface area (Å²) < 4.78 is 32.6. The van der Waals surface area contributed by atoms with Crippen LogP contribution in [-0.4, -0.2) is 239 Å². The number of esters is 1. The second-order valence-corrected chi connectivity index (χ2v) is 37.1. The minimum Gasteiger partial charge on any atom is -0.462 e. The molecule has 38 heteroatoms. The Labute approximate surface area is 722 Å². The topological polar surface area (TPSA) is 542 Å². The van der Waals surface area contributed by atoms with E-state index in [0.717, 1.165) is 13.8 Å². The minimum atomic E-state index is -1.88. The van der Waals surface area contributed by atoms with Crippen LogP contribution in [-0.2, 0) is 92.4 Å². The van der Waals surface area contributed by atoms with Crippen LogP contribution < -0.4 is 69.1 Å². The normalized spacial score (nSPS) is 20.0. The number of aliphatic hydroxyl groups is 2. The molecule has 13 atom stereocenters. The van der Waals surface area contributed by atoms with Crippen molar-refractivity contribution in [1.29, 1.82) is 0 Å². The van der Waals surface area contributed by atoms with Crippen LogP contribution in [0.3, 0.4) is 0 Å². The molecule has 38 nitrogen and oxygen atoms in total. The number of rotatable bonds is 35. The lowest BCUT2D eigenvalue weighted by atomic mass is 9.88. The first-order valence-electron chi connectivity index (χ1n) is 42.1.